The van der Waals surface area contributed by atoms with Crippen LogP contribution in [0.4, 0.5) is 0 Å². The fourth-order valence-corrected chi connectivity index (χ4v) is 3.59. The molecule has 166 valence electrons. The molecular weight excluding hydrogens is 398 g/mol. The number of hydrogen-bond acceptors (Lipinski definition) is 8. The first-order chi connectivity index (χ1) is 14.8. The summed E-state index contributed by atoms with van der Waals surface area (Å²) in [6.07, 6.45) is 2.46. The summed E-state index contributed by atoms with van der Waals surface area (Å²) in [6, 6.07) is 7.56. The summed E-state index contributed by atoms with van der Waals surface area (Å²) in [5.74, 6) is 3.64. The molecule has 1 aliphatic heterocycles. The Hall–Kier alpha value is -3.42. The fourth-order valence-electron chi connectivity index (χ4n) is 3.59. The summed E-state index contributed by atoms with van der Waals surface area (Å²) in [7, 11) is 7.97. The van der Waals surface area contributed by atoms with E-state index in [4.69, 9.17) is 28.7 Å². The van der Waals surface area contributed by atoms with Crippen LogP contribution < -0.4 is 29.1 Å². The molecule has 1 aliphatic rings. The molecule has 1 N–H and O–H groups in total. The Morgan fingerprint density at radius 3 is 1.97 bits per heavy atom. The minimum absolute atomic E-state index is 0.281. The van der Waals surface area contributed by atoms with Gasteiger partial charge in [0.15, 0.2) is 23.0 Å². The van der Waals surface area contributed by atoms with Gasteiger partial charge in [0.05, 0.1) is 47.3 Å². The van der Waals surface area contributed by atoms with E-state index in [2.05, 4.69) is 24.4 Å². The minimum atomic E-state index is -0.281. The number of ether oxygens (including phenoxy) is 5. The molecule has 0 amide bonds. The van der Waals surface area contributed by atoms with E-state index < -0.39 is 0 Å². The molecule has 8 heteroatoms. The van der Waals surface area contributed by atoms with E-state index in [1.807, 2.05) is 24.3 Å². The summed E-state index contributed by atoms with van der Waals surface area (Å²) in [5.41, 5.74) is 5.63. The van der Waals surface area contributed by atoms with Gasteiger partial charge in [0.2, 0.25) is 5.75 Å². The summed E-state index contributed by atoms with van der Waals surface area (Å²) >= 11 is 0. The van der Waals surface area contributed by atoms with Gasteiger partial charge in [-0.2, -0.15) is 5.10 Å². The monoisotopic (exact) mass is 427 g/mol. The standard InChI is InChI=1S/C23H29N3O5/c1-23(2)12-15-10-17(27-3)18(28-4)11-16(15)22(25-23)26-24-13-14-8-19(29-5)21(31-7)20(9-14)30-6/h8-11,13H,12H2,1-7H3,(H,25,26). The van der Waals surface area contributed by atoms with Crippen molar-refractivity contribution in [2.75, 3.05) is 35.5 Å². The third-order valence-corrected chi connectivity index (χ3v) is 4.97. The van der Waals surface area contributed by atoms with Crippen molar-refractivity contribution in [3.63, 3.8) is 0 Å². The summed E-state index contributed by atoms with van der Waals surface area (Å²) in [4.78, 5) is 4.84. The van der Waals surface area contributed by atoms with Crippen LogP contribution in [0.1, 0.15) is 30.5 Å². The first-order valence-electron chi connectivity index (χ1n) is 9.80. The Morgan fingerprint density at radius 2 is 1.42 bits per heavy atom. The fraction of sp³-hybridized carbons (Fsp3) is 0.391. The lowest BCUT2D eigenvalue weighted by Crippen LogP contribution is -2.34. The topological polar surface area (TPSA) is 82.9 Å². The zero-order chi connectivity index (χ0) is 22.6. The third-order valence-electron chi connectivity index (χ3n) is 4.97. The maximum Gasteiger partial charge on any atom is 0.203 e. The molecule has 0 bridgehead atoms. The summed E-state index contributed by atoms with van der Waals surface area (Å²) in [5, 5.41) is 4.40. The lowest BCUT2D eigenvalue weighted by molar-refractivity contribution is 0.324. The molecule has 2 aromatic carbocycles. The molecular formula is C23H29N3O5. The molecule has 0 atom stereocenters. The average molecular weight is 428 g/mol. The van der Waals surface area contributed by atoms with E-state index >= 15 is 0 Å². The highest BCUT2D eigenvalue weighted by atomic mass is 16.5. The highest BCUT2D eigenvalue weighted by Gasteiger charge is 2.28. The molecule has 0 saturated carbocycles. The van der Waals surface area contributed by atoms with Gasteiger partial charge in [0.25, 0.3) is 0 Å². The number of hydrogen-bond donors (Lipinski definition) is 1. The van der Waals surface area contributed by atoms with Gasteiger partial charge in [-0.05, 0) is 50.1 Å². The number of benzene rings is 2. The molecule has 0 spiro atoms. The van der Waals surface area contributed by atoms with Crippen molar-refractivity contribution in [2.45, 2.75) is 25.8 Å². The van der Waals surface area contributed by atoms with E-state index in [1.54, 1.807) is 41.8 Å². The average Bonchev–Trinajstić information content (AvgIpc) is 2.76. The molecule has 0 aromatic heterocycles. The molecule has 0 radical (unpaired) electrons. The second kappa shape index (κ2) is 9.16. The SMILES string of the molecule is COc1cc2c(cc1OC)C(NN=Cc1cc(OC)c(OC)c(OC)c1)=NC(C)(C)C2. The van der Waals surface area contributed by atoms with E-state index in [1.165, 1.54) is 0 Å². The minimum Gasteiger partial charge on any atom is -0.493 e. The van der Waals surface area contributed by atoms with Crippen LogP contribution in [0.5, 0.6) is 28.7 Å². The number of hydrazone groups is 1. The Labute approximate surface area is 182 Å². The van der Waals surface area contributed by atoms with Gasteiger partial charge in [-0.25, -0.2) is 0 Å². The predicted molar refractivity (Wildman–Crippen MR) is 121 cm³/mol. The number of nitrogens with zero attached hydrogens (tertiary/aromatic N) is 2. The number of rotatable bonds is 7. The molecule has 31 heavy (non-hydrogen) atoms. The van der Waals surface area contributed by atoms with Crippen LogP contribution in [0.15, 0.2) is 34.4 Å². The molecule has 0 fully saturated rings. The second-order valence-corrected chi connectivity index (χ2v) is 7.64. The lowest BCUT2D eigenvalue weighted by Gasteiger charge is -2.29. The van der Waals surface area contributed by atoms with Crippen LogP contribution >= 0.6 is 0 Å². The zero-order valence-electron chi connectivity index (χ0n) is 19.0. The molecule has 0 saturated heterocycles. The van der Waals surface area contributed by atoms with Crippen molar-refractivity contribution in [3.8, 4) is 28.7 Å². The van der Waals surface area contributed by atoms with Gasteiger partial charge >= 0.3 is 0 Å². The second-order valence-electron chi connectivity index (χ2n) is 7.64. The van der Waals surface area contributed by atoms with Gasteiger partial charge in [-0.15, -0.1) is 0 Å². The zero-order valence-corrected chi connectivity index (χ0v) is 19.0. The lowest BCUT2D eigenvalue weighted by atomic mass is 9.88. The maximum atomic E-state index is 5.46. The maximum absolute atomic E-state index is 5.46. The van der Waals surface area contributed by atoms with Crippen molar-refractivity contribution in [3.05, 3.63) is 41.0 Å². The first kappa shape index (κ1) is 22.3. The molecule has 1 heterocycles. The number of fused-ring (bicyclic) bond motifs is 1. The smallest absolute Gasteiger partial charge is 0.203 e. The van der Waals surface area contributed by atoms with Crippen LogP contribution in [0, 0.1) is 0 Å². The Balaban J connectivity index is 1.93. The van der Waals surface area contributed by atoms with Gasteiger partial charge in [0.1, 0.15) is 5.84 Å². The molecule has 8 nitrogen and oxygen atoms in total. The number of aliphatic imine (C=N–C) groups is 1. The van der Waals surface area contributed by atoms with Crippen molar-refractivity contribution in [2.24, 2.45) is 10.1 Å². The van der Waals surface area contributed by atoms with E-state index in [0.717, 1.165) is 23.1 Å². The number of methoxy groups -OCH3 is 5. The molecule has 0 unspecified atom stereocenters. The highest BCUT2D eigenvalue weighted by Crippen LogP contribution is 2.38. The van der Waals surface area contributed by atoms with Crippen molar-refractivity contribution in [1.82, 2.24) is 5.43 Å². The van der Waals surface area contributed by atoms with Crippen molar-refractivity contribution < 1.29 is 23.7 Å². The van der Waals surface area contributed by atoms with Gasteiger partial charge in [0, 0.05) is 11.1 Å². The van der Waals surface area contributed by atoms with Gasteiger partial charge in [-0.1, -0.05) is 0 Å². The van der Waals surface area contributed by atoms with E-state index in [0.29, 0.717) is 34.6 Å². The number of nitrogens with one attached hydrogen (secondary N) is 1. The Morgan fingerprint density at radius 1 is 0.839 bits per heavy atom. The normalized spacial score (nSPS) is 14.5. The van der Waals surface area contributed by atoms with Gasteiger partial charge in [-0.3, -0.25) is 10.4 Å². The first-order valence-corrected chi connectivity index (χ1v) is 9.80. The molecule has 0 aliphatic carbocycles. The van der Waals surface area contributed by atoms with E-state index in [9.17, 15) is 0 Å². The van der Waals surface area contributed by atoms with Crippen LogP contribution in [-0.4, -0.2) is 53.1 Å². The van der Waals surface area contributed by atoms with Gasteiger partial charge < -0.3 is 23.7 Å². The predicted octanol–water partition coefficient (Wildman–Crippen LogP) is 3.43. The third kappa shape index (κ3) is 4.68. The summed E-state index contributed by atoms with van der Waals surface area (Å²) < 4.78 is 27.1. The largest absolute Gasteiger partial charge is 0.493 e. The highest BCUT2D eigenvalue weighted by molar-refractivity contribution is 6.02. The van der Waals surface area contributed by atoms with Crippen molar-refractivity contribution >= 4 is 12.1 Å². The van der Waals surface area contributed by atoms with Crippen molar-refractivity contribution in [1.29, 1.82) is 0 Å². The van der Waals surface area contributed by atoms with Crippen LogP contribution in [0.2, 0.25) is 0 Å². The van der Waals surface area contributed by atoms with E-state index in [-0.39, 0.29) is 5.54 Å². The van der Waals surface area contributed by atoms with Crippen LogP contribution in [0.3, 0.4) is 0 Å². The Bertz CT molecular complexity index is 990. The molecule has 3 rings (SSSR count). The van der Waals surface area contributed by atoms with Crippen LogP contribution in [0.25, 0.3) is 0 Å². The number of amidine groups is 1. The quantitative estimate of drug-likeness (QED) is 0.538. The summed E-state index contributed by atoms with van der Waals surface area (Å²) in [6.45, 7) is 4.16. The molecule has 2 aromatic rings. The Kier molecular flexibility index (Phi) is 6.58. The van der Waals surface area contributed by atoms with Crippen LogP contribution in [-0.2, 0) is 6.42 Å².